The number of aliphatic hydroxyl groups is 1. The number of H-pyrrole nitrogens is 1. The van der Waals surface area contributed by atoms with Crippen molar-refractivity contribution in [3.05, 3.63) is 48.3 Å². The first-order valence-corrected chi connectivity index (χ1v) is 4.24. The third-order valence-electron chi connectivity index (χ3n) is 2.02. The molecule has 1 aromatic heterocycles. The van der Waals surface area contributed by atoms with E-state index in [0.717, 1.165) is 11.3 Å². The van der Waals surface area contributed by atoms with Crippen LogP contribution in [0, 0.1) is 0 Å². The molecule has 0 atom stereocenters. The van der Waals surface area contributed by atoms with Crippen molar-refractivity contribution in [2.24, 2.45) is 0 Å². The minimum Gasteiger partial charge on any atom is -0.390 e. The van der Waals surface area contributed by atoms with Gasteiger partial charge in [-0.25, -0.2) is 0 Å². The van der Waals surface area contributed by atoms with Gasteiger partial charge in [-0.3, -0.25) is 0 Å². The van der Waals surface area contributed by atoms with Gasteiger partial charge in [-0.05, 0) is 17.2 Å². The first kappa shape index (κ1) is 8.08. The van der Waals surface area contributed by atoms with Gasteiger partial charge in [-0.1, -0.05) is 30.3 Å². The summed E-state index contributed by atoms with van der Waals surface area (Å²) in [7, 11) is 0. The maximum atomic E-state index is 8.87. The molecule has 2 heteroatoms. The maximum absolute atomic E-state index is 8.87. The summed E-state index contributed by atoms with van der Waals surface area (Å²) in [6.07, 6.45) is 1.90. The Morgan fingerprint density at radius 2 is 1.85 bits per heavy atom. The van der Waals surface area contributed by atoms with E-state index >= 15 is 0 Å². The van der Waals surface area contributed by atoms with Crippen LogP contribution in [0.1, 0.15) is 5.69 Å². The van der Waals surface area contributed by atoms with E-state index in [0.29, 0.717) is 0 Å². The molecular weight excluding hydrogens is 162 g/mol. The Kier molecular flexibility index (Phi) is 2.15. The highest BCUT2D eigenvalue weighted by Crippen LogP contribution is 2.19. The highest BCUT2D eigenvalue weighted by Gasteiger charge is 1.99. The predicted molar refractivity (Wildman–Crippen MR) is 52.2 cm³/mol. The minimum absolute atomic E-state index is 0.0623. The van der Waals surface area contributed by atoms with Gasteiger partial charge in [-0.2, -0.15) is 0 Å². The standard InChI is InChI=1S/C11H11NO/c13-8-11-6-10(7-12-11)9-4-2-1-3-5-9/h1-7,12-13H,8H2. The molecule has 2 rings (SSSR count). The fourth-order valence-corrected chi connectivity index (χ4v) is 1.33. The molecule has 66 valence electrons. The number of aromatic nitrogens is 1. The maximum Gasteiger partial charge on any atom is 0.0831 e. The van der Waals surface area contributed by atoms with E-state index in [-0.39, 0.29) is 6.61 Å². The molecule has 1 heterocycles. The van der Waals surface area contributed by atoms with Crippen LogP contribution in [0.15, 0.2) is 42.6 Å². The summed E-state index contributed by atoms with van der Waals surface area (Å²) in [5, 5.41) is 8.87. The Balaban J connectivity index is 2.36. The van der Waals surface area contributed by atoms with Crippen LogP contribution in [0.3, 0.4) is 0 Å². The number of benzene rings is 1. The average molecular weight is 173 g/mol. The number of aliphatic hydroxyl groups excluding tert-OH is 1. The van der Waals surface area contributed by atoms with Gasteiger partial charge in [0, 0.05) is 11.9 Å². The van der Waals surface area contributed by atoms with Gasteiger partial charge in [-0.15, -0.1) is 0 Å². The van der Waals surface area contributed by atoms with Crippen molar-refractivity contribution in [1.29, 1.82) is 0 Å². The first-order chi connectivity index (χ1) is 6.40. The third kappa shape index (κ3) is 1.63. The summed E-state index contributed by atoms with van der Waals surface area (Å²) in [6.45, 7) is 0.0623. The Morgan fingerprint density at radius 3 is 2.46 bits per heavy atom. The molecule has 2 N–H and O–H groups in total. The number of hydrogen-bond donors (Lipinski definition) is 2. The highest BCUT2D eigenvalue weighted by molar-refractivity contribution is 5.63. The molecule has 0 fully saturated rings. The summed E-state index contributed by atoms with van der Waals surface area (Å²) < 4.78 is 0. The number of nitrogens with one attached hydrogen (secondary N) is 1. The molecule has 0 bridgehead atoms. The molecule has 2 aromatic rings. The molecule has 0 spiro atoms. The molecule has 0 saturated carbocycles. The average Bonchev–Trinajstić information content (AvgIpc) is 2.67. The van der Waals surface area contributed by atoms with Crippen molar-refractivity contribution >= 4 is 0 Å². The van der Waals surface area contributed by atoms with Crippen molar-refractivity contribution in [3.8, 4) is 11.1 Å². The molecule has 2 nitrogen and oxygen atoms in total. The summed E-state index contributed by atoms with van der Waals surface area (Å²) in [4.78, 5) is 3.00. The Morgan fingerprint density at radius 1 is 1.08 bits per heavy atom. The first-order valence-electron chi connectivity index (χ1n) is 4.24. The van der Waals surface area contributed by atoms with E-state index in [2.05, 4.69) is 4.98 Å². The van der Waals surface area contributed by atoms with Crippen LogP contribution in [0.25, 0.3) is 11.1 Å². The minimum atomic E-state index is 0.0623. The molecule has 0 amide bonds. The third-order valence-corrected chi connectivity index (χ3v) is 2.02. The predicted octanol–water partition coefficient (Wildman–Crippen LogP) is 2.17. The van der Waals surface area contributed by atoms with Crippen molar-refractivity contribution < 1.29 is 5.11 Å². The molecule has 0 aliphatic carbocycles. The summed E-state index contributed by atoms with van der Waals surface area (Å²) in [6, 6.07) is 12.0. The van der Waals surface area contributed by atoms with Gasteiger partial charge < -0.3 is 10.1 Å². The number of aromatic amines is 1. The summed E-state index contributed by atoms with van der Waals surface area (Å²) in [5.41, 5.74) is 3.13. The second-order valence-corrected chi connectivity index (χ2v) is 2.94. The van der Waals surface area contributed by atoms with E-state index in [1.165, 1.54) is 5.56 Å². The molecule has 0 aliphatic heterocycles. The Labute approximate surface area is 76.9 Å². The van der Waals surface area contributed by atoms with Crippen molar-refractivity contribution in [2.45, 2.75) is 6.61 Å². The Hall–Kier alpha value is -1.54. The highest BCUT2D eigenvalue weighted by atomic mass is 16.3. The van der Waals surface area contributed by atoms with E-state index in [1.807, 2.05) is 42.6 Å². The van der Waals surface area contributed by atoms with E-state index in [4.69, 9.17) is 5.11 Å². The lowest BCUT2D eigenvalue weighted by Crippen LogP contribution is -1.78. The lowest BCUT2D eigenvalue weighted by atomic mass is 10.1. The quantitative estimate of drug-likeness (QED) is 0.717. The van der Waals surface area contributed by atoms with Crippen LogP contribution in [-0.4, -0.2) is 10.1 Å². The van der Waals surface area contributed by atoms with E-state index in [1.54, 1.807) is 0 Å². The zero-order valence-electron chi connectivity index (χ0n) is 7.20. The van der Waals surface area contributed by atoms with Gasteiger partial charge in [0.2, 0.25) is 0 Å². The molecule has 0 radical (unpaired) electrons. The van der Waals surface area contributed by atoms with Gasteiger partial charge >= 0.3 is 0 Å². The van der Waals surface area contributed by atoms with Crippen LogP contribution in [0.5, 0.6) is 0 Å². The van der Waals surface area contributed by atoms with Gasteiger partial charge in [0.1, 0.15) is 0 Å². The van der Waals surface area contributed by atoms with E-state index < -0.39 is 0 Å². The van der Waals surface area contributed by atoms with Crippen molar-refractivity contribution in [2.75, 3.05) is 0 Å². The zero-order valence-corrected chi connectivity index (χ0v) is 7.20. The molecule has 1 aromatic carbocycles. The number of rotatable bonds is 2. The normalized spacial score (nSPS) is 10.2. The van der Waals surface area contributed by atoms with Gasteiger partial charge in [0.15, 0.2) is 0 Å². The monoisotopic (exact) mass is 173 g/mol. The molecule has 0 saturated heterocycles. The van der Waals surface area contributed by atoms with Crippen LogP contribution < -0.4 is 0 Å². The second-order valence-electron chi connectivity index (χ2n) is 2.94. The SMILES string of the molecule is OCc1cc(-c2ccccc2)c[nH]1. The molecule has 0 aliphatic rings. The van der Waals surface area contributed by atoms with Crippen LogP contribution >= 0.6 is 0 Å². The van der Waals surface area contributed by atoms with Crippen molar-refractivity contribution in [3.63, 3.8) is 0 Å². The lowest BCUT2D eigenvalue weighted by Gasteiger charge is -1.94. The second kappa shape index (κ2) is 3.46. The largest absolute Gasteiger partial charge is 0.390 e. The van der Waals surface area contributed by atoms with Crippen LogP contribution in [-0.2, 0) is 6.61 Å². The molecule has 13 heavy (non-hydrogen) atoms. The van der Waals surface area contributed by atoms with Gasteiger partial charge in [0.05, 0.1) is 6.61 Å². The van der Waals surface area contributed by atoms with Crippen molar-refractivity contribution in [1.82, 2.24) is 4.98 Å². The van der Waals surface area contributed by atoms with E-state index in [9.17, 15) is 0 Å². The zero-order chi connectivity index (χ0) is 9.10. The fourth-order valence-electron chi connectivity index (χ4n) is 1.33. The van der Waals surface area contributed by atoms with Gasteiger partial charge in [0.25, 0.3) is 0 Å². The lowest BCUT2D eigenvalue weighted by molar-refractivity contribution is 0.277. The molecule has 0 unspecified atom stereocenters. The topological polar surface area (TPSA) is 36.0 Å². The smallest absolute Gasteiger partial charge is 0.0831 e. The number of hydrogen-bond acceptors (Lipinski definition) is 1. The summed E-state index contributed by atoms with van der Waals surface area (Å²) >= 11 is 0. The fraction of sp³-hybridized carbons (Fsp3) is 0.0909. The Bertz CT molecular complexity index is 378. The van der Waals surface area contributed by atoms with Crippen LogP contribution in [0.2, 0.25) is 0 Å². The summed E-state index contributed by atoms with van der Waals surface area (Å²) in [5.74, 6) is 0. The van der Waals surface area contributed by atoms with Crippen LogP contribution in [0.4, 0.5) is 0 Å². The molecular formula is C11H11NO.